The summed E-state index contributed by atoms with van der Waals surface area (Å²) < 4.78 is 5.02. The number of nitrogens with one attached hydrogen (secondary N) is 1. The number of rotatable bonds is 4. The normalized spacial score (nSPS) is 12.6. The van der Waals surface area contributed by atoms with Crippen LogP contribution in [0.25, 0.3) is 0 Å². The number of anilines is 1. The van der Waals surface area contributed by atoms with Gasteiger partial charge in [0.2, 0.25) is 0 Å². The number of aromatic nitrogens is 2. The van der Waals surface area contributed by atoms with Gasteiger partial charge in [0.25, 0.3) is 0 Å². The van der Waals surface area contributed by atoms with Crippen LogP contribution in [-0.4, -0.2) is 29.7 Å². The van der Waals surface area contributed by atoms with Gasteiger partial charge in [0.15, 0.2) is 11.0 Å². The van der Waals surface area contributed by atoms with Crippen molar-refractivity contribution in [3.8, 4) is 0 Å². The summed E-state index contributed by atoms with van der Waals surface area (Å²) >= 11 is 5.97. The highest BCUT2D eigenvalue weighted by Crippen LogP contribution is 2.18. The van der Waals surface area contributed by atoms with Crippen LogP contribution in [-0.2, 0) is 4.74 Å². The van der Waals surface area contributed by atoms with Crippen LogP contribution < -0.4 is 5.32 Å². The number of hydrogen-bond donors (Lipinski definition) is 1. The largest absolute Gasteiger partial charge is 0.383 e. The van der Waals surface area contributed by atoms with Crippen LogP contribution >= 0.6 is 11.6 Å². The first-order chi connectivity index (χ1) is 7.04. The molecular formula is C10H16ClN3O. The average molecular weight is 230 g/mol. The molecule has 1 aromatic rings. The van der Waals surface area contributed by atoms with E-state index in [1.165, 1.54) is 0 Å². The Labute approximate surface area is 95.0 Å². The van der Waals surface area contributed by atoms with E-state index in [2.05, 4.69) is 15.3 Å². The fourth-order valence-corrected chi connectivity index (χ4v) is 1.42. The molecule has 84 valence electrons. The lowest BCUT2D eigenvalue weighted by molar-refractivity contribution is 0.190. The molecule has 4 nitrogen and oxygen atoms in total. The van der Waals surface area contributed by atoms with Crippen molar-refractivity contribution in [1.82, 2.24) is 9.97 Å². The van der Waals surface area contributed by atoms with Gasteiger partial charge in [-0.3, -0.25) is 0 Å². The Hall–Kier alpha value is -0.870. The standard InChI is InChI=1S/C10H16ClN3O/c1-6(5-15-4)12-10-9(11)13-7(2)8(3)14-10/h6H,5H2,1-4H3,(H,12,14). The van der Waals surface area contributed by atoms with Crippen molar-refractivity contribution in [2.45, 2.75) is 26.8 Å². The van der Waals surface area contributed by atoms with Crippen LogP contribution in [0, 0.1) is 13.8 Å². The molecule has 1 rings (SSSR count). The average Bonchev–Trinajstić information content (AvgIpc) is 2.14. The quantitative estimate of drug-likeness (QED) is 0.860. The molecule has 0 fully saturated rings. The van der Waals surface area contributed by atoms with E-state index in [9.17, 15) is 0 Å². The molecule has 5 heteroatoms. The van der Waals surface area contributed by atoms with Gasteiger partial charge in [-0.2, -0.15) is 0 Å². The highest BCUT2D eigenvalue weighted by atomic mass is 35.5. The lowest BCUT2D eigenvalue weighted by atomic mass is 10.3. The first-order valence-corrected chi connectivity index (χ1v) is 5.18. The monoisotopic (exact) mass is 229 g/mol. The molecule has 0 radical (unpaired) electrons. The summed E-state index contributed by atoms with van der Waals surface area (Å²) in [6.07, 6.45) is 0. The van der Waals surface area contributed by atoms with Gasteiger partial charge >= 0.3 is 0 Å². The molecule has 1 aromatic heterocycles. The van der Waals surface area contributed by atoms with Crippen molar-refractivity contribution in [3.05, 3.63) is 16.5 Å². The van der Waals surface area contributed by atoms with Crippen molar-refractivity contribution >= 4 is 17.4 Å². The summed E-state index contributed by atoms with van der Waals surface area (Å²) in [5.74, 6) is 0.615. The van der Waals surface area contributed by atoms with Gasteiger partial charge < -0.3 is 10.1 Å². The number of aryl methyl sites for hydroxylation is 2. The van der Waals surface area contributed by atoms with E-state index < -0.39 is 0 Å². The van der Waals surface area contributed by atoms with E-state index in [1.807, 2.05) is 20.8 Å². The number of halogens is 1. The number of ether oxygens (including phenoxy) is 1. The summed E-state index contributed by atoms with van der Waals surface area (Å²) in [6, 6.07) is 0.156. The van der Waals surface area contributed by atoms with Crippen molar-refractivity contribution in [2.24, 2.45) is 0 Å². The molecule has 1 unspecified atom stereocenters. The lowest BCUT2D eigenvalue weighted by Gasteiger charge is -2.14. The third kappa shape index (κ3) is 3.32. The van der Waals surface area contributed by atoms with E-state index in [0.717, 1.165) is 11.4 Å². The smallest absolute Gasteiger partial charge is 0.171 e. The minimum atomic E-state index is 0.156. The third-order valence-corrected chi connectivity index (χ3v) is 2.33. The molecule has 0 saturated heterocycles. The van der Waals surface area contributed by atoms with Gasteiger partial charge in [-0.15, -0.1) is 0 Å². The molecule has 0 amide bonds. The predicted molar refractivity (Wildman–Crippen MR) is 61.5 cm³/mol. The first-order valence-electron chi connectivity index (χ1n) is 4.80. The van der Waals surface area contributed by atoms with Gasteiger partial charge in [-0.25, -0.2) is 9.97 Å². The Balaban J connectivity index is 2.81. The summed E-state index contributed by atoms with van der Waals surface area (Å²) in [6.45, 7) is 6.39. The number of methoxy groups -OCH3 is 1. The van der Waals surface area contributed by atoms with Crippen molar-refractivity contribution in [3.63, 3.8) is 0 Å². The lowest BCUT2D eigenvalue weighted by Crippen LogP contribution is -2.22. The third-order valence-electron chi connectivity index (χ3n) is 2.06. The van der Waals surface area contributed by atoms with Crippen LogP contribution in [0.2, 0.25) is 5.15 Å². The molecular weight excluding hydrogens is 214 g/mol. The molecule has 15 heavy (non-hydrogen) atoms. The van der Waals surface area contributed by atoms with Crippen LogP contribution in [0.4, 0.5) is 5.82 Å². The molecule has 0 aliphatic rings. The number of hydrogen-bond acceptors (Lipinski definition) is 4. The summed E-state index contributed by atoms with van der Waals surface area (Å²) in [5.41, 5.74) is 1.73. The first kappa shape index (κ1) is 12.2. The van der Waals surface area contributed by atoms with E-state index in [-0.39, 0.29) is 6.04 Å². The number of nitrogens with zero attached hydrogens (tertiary/aromatic N) is 2. The van der Waals surface area contributed by atoms with Crippen LogP contribution in [0.15, 0.2) is 0 Å². The Kier molecular flexibility index (Phi) is 4.29. The Morgan fingerprint density at radius 1 is 1.33 bits per heavy atom. The second-order valence-corrected chi connectivity index (χ2v) is 3.89. The SMILES string of the molecule is COCC(C)Nc1nc(C)c(C)nc1Cl. The van der Waals surface area contributed by atoms with Crippen LogP contribution in [0.5, 0.6) is 0 Å². The van der Waals surface area contributed by atoms with Gasteiger partial charge in [0.05, 0.1) is 18.0 Å². The highest BCUT2D eigenvalue weighted by molar-refractivity contribution is 6.31. The Bertz CT molecular complexity index is 344. The zero-order valence-corrected chi connectivity index (χ0v) is 10.2. The van der Waals surface area contributed by atoms with E-state index in [4.69, 9.17) is 16.3 Å². The van der Waals surface area contributed by atoms with Crippen LogP contribution in [0.1, 0.15) is 18.3 Å². The van der Waals surface area contributed by atoms with Crippen molar-refractivity contribution in [2.75, 3.05) is 19.0 Å². The Morgan fingerprint density at radius 2 is 1.93 bits per heavy atom. The van der Waals surface area contributed by atoms with Crippen molar-refractivity contribution in [1.29, 1.82) is 0 Å². The maximum atomic E-state index is 5.97. The minimum Gasteiger partial charge on any atom is -0.383 e. The highest BCUT2D eigenvalue weighted by Gasteiger charge is 2.09. The second kappa shape index (κ2) is 5.28. The Morgan fingerprint density at radius 3 is 2.53 bits per heavy atom. The topological polar surface area (TPSA) is 47.0 Å². The fourth-order valence-electron chi connectivity index (χ4n) is 1.19. The molecule has 1 N–H and O–H groups in total. The zero-order chi connectivity index (χ0) is 11.4. The maximum absolute atomic E-state index is 5.97. The van der Waals surface area contributed by atoms with Crippen molar-refractivity contribution < 1.29 is 4.74 Å². The molecule has 0 saturated carbocycles. The molecule has 0 spiro atoms. The van der Waals surface area contributed by atoms with Crippen LogP contribution in [0.3, 0.4) is 0 Å². The van der Waals surface area contributed by atoms with E-state index in [0.29, 0.717) is 17.6 Å². The maximum Gasteiger partial charge on any atom is 0.171 e. The summed E-state index contributed by atoms with van der Waals surface area (Å²) in [4.78, 5) is 8.52. The molecule has 1 atom stereocenters. The van der Waals surface area contributed by atoms with Gasteiger partial charge in [0.1, 0.15) is 0 Å². The zero-order valence-electron chi connectivity index (χ0n) is 9.47. The molecule has 0 aliphatic carbocycles. The van der Waals surface area contributed by atoms with Gasteiger partial charge in [-0.1, -0.05) is 11.6 Å². The molecule has 0 bridgehead atoms. The molecule has 1 heterocycles. The second-order valence-electron chi connectivity index (χ2n) is 3.53. The predicted octanol–water partition coefficient (Wildman–Crippen LogP) is 2.19. The minimum absolute atomic E-state index is 0.156. The molecule has 0 aromatic carbocycles. The summed E-state index contributed by atoms with van der Waals surface area (Å²) in [5, 5.41) is 3.55. The summed E-state index contributed by atoms with van der Waals surface area (Å²) in [7, 11) is 1.66. The van der Waals surface area contributed by atoms with E-state index in [1.54, 1.807) is 7.11 Å². The fraction of sp³-hybridized carbons (Fsp3) is 0.600. The van der Waals surface area contributed by atoms with Gasteiger partial charge in [0, 0.05) is 13.2 Å². The molecule has 0 aliphatic heterocycles. The van der Waals surface area contributed by atoms with Gasteiger partial charge in [-0.05, 0) is 20.8 Å². The van der Waals surface area contributed by atoms with E-state index >= 15 is 0 Å².